The molecule has 1 aliphatic carbocycles. The van der Waals surface area contributed by atoms with Crippen molar-refractivity contribution in [3.8, 4) is 0 Å². The minimum atomic E-state index is -0.255. The lowest BCUT2D eigenvalue weighted by Gasteiger charge is -2.36. The van der Waals surface area contributed by atoms with Crippen LogP contribution in [-0.2, 0) is 9.53 Å². The van der Waals surface area contributed by atoms with E-state index in [0.717, 1.165) is 67.4 Å². The molecular formula is C31H36N6O2. The fraction of sp³-hybridized carbons (Fsp3) is 0.258. The molecule has 8 nitrogen and oxygen atoms in total. The molecule has 39 heavy (non-hydrogen) atoms. The van der Waals surface area contributed by atoms with Crippen molar-refractivity contribution in [1.82, 2.24) is 4.90 Å². The van der Waals surface area contributed by atoms with Gasteiger partial charge in [0.15, 0.2) is 0 Å². The van der Waals surface area contributed by atoms with Crippen molar-refractivity contribution in [2.24, 2.45) is 9.98 Å². The van der Waals surface area contributed by atoms with Gasteiger partial charge in [-0.25, -0.2) is 0 Å². The summed E-state index contributed by atoms with van der Waals surface area (Å²) < 4.78 is 5.20. The van der Waals surface area contributed by atoms with Gasteiger partial charge in [-0.2, -0.15) is 0 Å². The van der Waals surface area contributed by atoms with E-state index in [2.05, 4.69) is 63.0 Å². The SMILES string of the molecule is C=CC(=O)Nc1cccc(C2=CC=C/C(=C/N=C)C2=NCNc2ccc(N3CCN(CCOC)CC3)cc2)c1. The molecule has 2 N–H and O–H groups in total. The number of carbonyl (C=O) groups excluding carboxylic acids is 1. The Morgan fingerprint density at radius 1 is 1.10 bits per heavy atom. The van der Waals surface area contributed by atoms with E-state index in [-0.39, 0.29) is 5.91 Å². The number of benzene rings is 2. The predicted octanol–water partition coefficient (Wildman–Crippen LogP) is 4.63. The van der Waals surface area contributed by atoms with E-state index in [9.17, 15) is 4.79 Å². The van der Waals surface area contributed by atoms with Crippen LogP contribution in [0, 0.1) is 0 Å². The van der Waals surface area contributed by atoms with E-state index in [4.69, 9.17) is 9.73 Å². The van der Waals surface area contributed by atoms with Gasteiger partial charge < -0.3 is 20.3 Å². The molecule has 0 spiro atoms. The number of piperazine rings is 1. The molecule has 1 saturated heterocycles. The molecule has 2 aliphatic rings. The molecule has 1 fully saturated rings. The lowest BCUT2D eigenvalue weighted by molar-refractivity contribution is -0.111. The highest BCUT2D eigenvalue weighted by atomic mass is 16.5. The summed E-state index contributed by atoms with van der Waals surface area (Å²) in [4.78, 5) is 25.5. The zero-order valence-electron chi connectivity index (χ0n) is 22.5. The molecule has 1 aliphatic heterocycles. The van der Waals surface area contributed by atoms with Crippen molar-refractivity contribution in [1.29, 1.82) is 0 Å². The minimum absolute atomic E-state index is 0.255. The molecule has 0 bridgehead atoms. The summed E-state index contributed by atoms with van der Waals surface area (Å²) in [7, 11) is 1.75. The number of amides is 1. The van der Waals surface area contributed by atoms with Crippen molar-refractivity contribution in [2.75, 3.05) is 68.6 Å². The summed E-state index contributed by atoms with van der Waals surface area (Å²) in [6, 6.07) is 16.2. The van der Waals surface area contributed by atoms with E-state index in [1.807, 2.05) is 42.5 Å². The first-order chi connectivity index (χ1) is 19.1. The summed E-state index contributed by atoms with van der Waals surface area (Å²) in [6.45, 7) is 13.4. The Labute approximate surface area is 230 Å². The van der Waals surface area contributed by atoms with Crippen LogP contribution in [0.15, 0.2) is 101 Å². The third-order valence-electron chi connectivity index (χ3n) is 6.66. The quantitative estimate of drug-likeness (QED) is 0.331. The van der Waals surface area contributed by atoms with Gasteiger partial charge >= 0.3 is 0 Å². The monoisotopic (exact) mass is 524 g/mol. The molecule has 0 unspecified atom stereocenters. The first-order valence-corrected chi connectivity index (χ1v) is 13.0. The van der Waals surface area contributed by atoms with Crippen LogP contribution in [0.2, 0.25) is 0 Å². The zero-order valence-corrected chi connectivity index (χ0v) is 22.5. The number of nitrogens with zero attached hydrogens (tertiary/aromatic N) is 4. The van der Waals surface area contributed by atoms with Gasteiger partial charge in [0, 0.05) is 74.2 Å². The van der Waals surface area contributed by atoms with E-state index in [0.29, 0.717) is 12.4 Å². The number of aliphatic imine (C=N–C) groups is 2. The number of nitrogens with one attached hydrogen (secondary N) is 2. The maximum absolute atomic E-state index is 11.8. The Kier molecular flexibility index (Phi) is 9.99. The smallest absolute Gasteiger partial charge is 0.247 e. The van der Waals surface area contributed by atoms with E-state index in [1.165, 1.54) is 11.8 Å². The maximum atomic E-state index is 11.8. The van der Waals surface area contributed by atoms with Crippen molar-refractivity contribution >= 4 is 41.0 Å². The second-order valence-corrected chi connectivity index (χ2v) is 9.19. The molecule has 1 amide bonds. The van der Waals surface area contributed by atoms with Crippen molar-refractivity contribution in [3.63, 3.8) is 0 Å². The van der Waals surface area contributed by atoms with Gasteiger partial charge in [-0.05, 0) is 54.8 Å². The van der Waals surface area contributed by atoms with E-state index < -0.39 is 0 Å². The summed E-state index contributed by atoms with van der Waals surface area (Å²) in [5, 5.41) is 6.23. The van der Waals surface area contributed by atoms with Gasteiger partial charge in [-0.15, -0.1) is 0 Å². The van der Waals surface area contributed by atoms with Crippen LogP contribution in [-0.4, -0.2) is 76.3 Å². The summed E-state index contributed by atoms with van der Waals surface area (Å²) >= 11 is 0. The molecule has 1 heterocycles. The van der Waals surface area contributed by atoms with E-state index in [1.54, 1.807) is 13.3 Å². The largest absolute Gasteiger partial charge is 0.383 e. The molecule has 0 saturated carbocycles. The first-order valence-electron chi connectivity index (χ1n) is 13.0. The van der Waals surface area contributed by atoms with Crippen molar-refractivity contribution < 1.29 is 9.53 Å². The standard InChI is InChI=1S/C31H36N6O2/c1-4-30(38)35-27-9-5-7-24(21-27)29-10-6-8-25(22-32-2)31(29)34-23-33-26-11-13-28(14-12-26)37-17-15-36(16-18-37)19-20-39-3/h4-14,21-22,33H,1-2,15-20,23H2,3H3,(H,35,38)/b25-22-,34-31?. The number of allylic oxidation sites excluding steroid dienone is 5. The fourth-order valence-electron chi connectivity index (χ4n) is 4.58. The third kappa shape index (κ3) is 7.63. The van der Waals surface area contributed by atoms with Crippen LogP contribution in [0.25, 0.3) is 5.57 Å². The molecule has 8 heteroatoms. The zero-order chi connectivity index (χ0) is 27.5. The number of ether oxygens (including phenoxy) is 1. The lowest BCUT2D eigenvalue weighted by Crippen LogP contribution is -2.47. The first kappa shape index (κ1) is 27.8. The van der Waals surface area contributed by atoms with Crippen LogP contribution in [0.4, 0.5) is 17.1 Å². The highest BCUT2D eigenvalue weighted by Crippen LogP contribution is 2.27. The maximum Gasteiger partial charge on any atom is 0.247 e. The van der Waals surface area contributed by atoms with Gasteiger partial charge in [0.05, 0.1) is 12.3 Å². The fourth-order valence-corrected chi connectivity index (χ4v) is 4.58. The Bertz CT molecular complexity index is 1280. The Hall–Kier alpha value is -4.27. The second kappa shape index (κ2) is 14.0. The molecule has 0 radical (unpaired) electrons. The normalized spacial score (nSPS) is 17.7. The summed E-state index contributed by atoms with van der Waals surface area (Å²) in [6.07, 6.45) is 8.89. The highest BCUT2D eigenvalue weighted by molar-refractivity contribution is 6.34. The summed E-state index contributed by atoms with van der Waals surface area (Å²) in [5.41, 5.74) is 6.45. The summed E-state index contributed by atoms with van der Waals surface area (Å²) in [5.74, 6) is -0.255. The van der Waals surface area contributed by atoms with Crippen LogP contribution in [0.1, 0.15) is 5.56 Å². The molecule has 2 aromatic carbocycles. The van der Waals surface area contributed by atoms with Crippen LogP contribution in [0.3, 0.4) is 0 Å². The molecule has 2 aromatic rings. The predicted molar refractivity (Wildman–Crippen MR) is 163 cm³/mol. The average Bonchev–Trinajstić information content (AvgIpc) is 2.97. The van der Waals surface area contributed by atoms with Crippen LogP contribution >= 0.6 is 0 Å². The molecule has 4 rings (SSSR count). The van der Waals surface area contributed by atoms with Gasteiger partial charge in [-0.3, -0.25) is 19.7 Å². The Balaban J connectivity index is 1.43. The molecule has 202 valence electrons. The third-order valence-corrected chi connectivity index (χ3v) is 6.66. The lowest BCUT2D eigenvalue weighted by atomic mass is 9.92. The van der Waals surface area contributed by atoms with Crippen LogP contribution < -0.4 is 15.5 Å². The van der Waals surface area contributed by atoms with Crippen molar-refractivity contribution in [2.45, 2.75) is 0 Å². The topological polar surface area (TPSA) is 81.6 Å². The van der Waals surface area contributed by atoms with E-state index >= 15 is 0 Å². The Morgan fingerprint density at radius 3 is 2.62 bits per heavy atom. The highest BCUT2D eigenvalue weighted by Gasteiger charge is 2.18. The van der Waals surface area contributed by atoms with Gasteiger partial charge in [0.1, 0.15) is 6.67 Å². The molecule has 0 atom stereocenters. The van der Waals surface area contributed by atoms with Crippen molar-refractivity contribution in [3.05, 3.63) is 96.8 Å². The molecular weight excluding hydrogens is 488 g/mol. The van der Waals surface area contributed by atoms with Gasteiger partial charge in [0.25, 0.3) is 0 Å². The second-order valence-electron chi connectivity index (χ2n) is 9.19. The number of hydrogen-bond donors (Lipinski definition) is 2. The number of hydrogen-bond acceptors (Lipinski definition) is 7. The average molecular weight is 525 g/mol. The van der Waals surface area contributed by atoms with Gasteiger partial charge in [0.2, 0.25) is 5.91 Å². The minimum Gasteiger partial charge on any atom is -0.383 e. The number of methoxy groups -OCH3 is 1. The molecule has 0 aromatic heterocycles. The number of carbonyl (C=O) groups is 1. The van der Waals surface area contributed by atoms with Gasteiger partial charge in [-0.1, -0.05) is 36.9 Å². The number of rotatable bonds is 11. The van der Waals surface area contributed by atoms with Crippen LogP contribution in [0.5, 0.6) is 0 Å². The Morgan fingerprint density at radius 2 is 1.90 bits per heavy atom. The number of anilines is 3.